The van der Waals surface area contributed by atoms with Crippen LogP contribution in [0.4, 0.5) is 17.5 Å². The number of ether oxygens (including phenoxy) is 1. The second kappa shape index (κ2) is 7.41. The van der Waals surface area contributed by atoms with E-state index in [0.717, 1.165) is 37.2 Å². The summed E-state index contributed by atoms with van der Waals surface area (Å²) in [4.78, 5) is 30.1. The van der Waals surface area contributed by atoms with Crippen LogP contribution in [-0.4, -0.2) is 55.9 Å². The largest absolute Gasteiger partial charge is 0.469 e. The Morgan fingerprint density at radius 3 is 2.76 bits per heavy atom. The molecular weight excluding hydrogens is 422 g/mol. The Hall–Kier alpha value is -3.73. The summed E-state index contributed by atoms with van der Waals surface area (Å²) in [6, 6.07) is 5.47. The van der Waals surface area contributed by atoms with Gasteiger partial charge < -0.3 is 21.1 Å². The highest BCUT2D eigenvalue weighted by molar-refractivity contribution is 6.07. The number of anilines is 3. The second-order valence-electron chi connectivity index (χ2n) is 8.71. The van der Waals surface area contributed by atoms with Gasteiger partial charge in [0.05, 0.1) is 18.4 Å². The molecule has 0 saturated carbocycles. The quantitative estimate of drug-likeness (QED) is 0.591. The molecule has 3 aliphatic heterocycles. The highest BCUT2D eigenvalue weighted by Crippen LogP contribution is 2.46. The number of hydrogen-bond acceptors (Lipinski definition) is 9. The average molecular weight is 448 g/mol. The number of carbonyl (C=O) groups excluding carboxylic acids is 1. The summed E-state index contributed by atoms with van der Waals surface area (Å²) in [5.74, 6) is 1.89. The van der Waals surface area contributed by atoms with Crippen molar-refractivity contribution in [3.63, 3.8) is 0 Å². The zero-order chi connectivity index (χ0) is 22.6. The number of rotatable bonds is 2. The summed E-state index contributed by atoms with van der Waals surface area (Å²) >= 11 is 0. The van der Waals surface area contributed by atoms with Crippen molar-refractivity contribution < 1.29 is 9.53 Å². The molecule has 1 amide bonds. The zero-order valence-electron chi connectivity index (χ0n) is 18.1. The number of pyridine rings is 1. The van der Waals surface area contributed by atoms with Crippen molar-refractivity contribution in [1.82, 2.24) is 24.7 Å². The topological polar surface area (TPSA) is 141 Å². The summed E-state index contributed by atoms with van der Waals surface area (Å²) in [7, 11) is 0. The van der Waals surface area contributed by atoms with Crippen molar-refractivity contribution >= 4 is 23.4 Å². The number of nitrogens with two attached hydrogens (primary N) is 2. The predicted molar refractivity (Wildman–Crippen MR) is 121 cm³/mol. The standard InChI is InChI=1S/C22H25N9O2/c23-18-14-3-1-7-25-20(14)33-22(18)5-11-29(12-6-22)15-13-26-17(19(24)28-15)21(32)30-9-2-10-31-16(30)4-8-27-31/h1,3-4,7-8,13,18H,2,5-6,9-12,23H2,(H2,24,28)/t18-/m1/s1. The van der Waals surface area contributed by atoms with E-state index in [1.165, 1.54) is 0 Å². The van der Waals surface area contributed by atoms with Crippen molar-refractivity contribution in [2.24, 2.45) is 5.73 Å². The molecule has 33 heavy (non-hydrogen) atoms. The highest BCUT2D eigenvalue weighted by atomic mass is 16.5. The van der Waals surface area contributed by atoms with Crippen molar-refractivity contribution in [3.05, 3.63) is 48.0 Å². The lowest BCUT2D eigenvalue weighted by Crippen LogP contribution is -2.51. The van der Waals surface area contributed by atoms with Crippen LogP contribution in [0.2, 0.25) is 0 Å². The molecule has 0 aromatic carbocycles. The summed E-state index contributed by atoms with van der Waals surface area (Å²) in [5, 5.41) is 4.26. The molecule has 0 bridgehead atoms. The molecule has 1 spiro atoms. The van der Waals surface area contributed by atoms with Gasteiger partial charge in [0, 0.05) is 56.8 Å². The zero-order valence-corrected chi connectivity index (χ0v) is 18.1. The average Bonchev–Trinajstić information content (AvgIpc) is 3.42. The summed E-state index contributed by atoms with van der Waals surface area (Å²) < 4.78 is 8.03. The number of piperidine rings is 1. The number of aromatic nitrogens is 5. The molecular formula is C22H25N9O2. The van der Waals surface area contributed by atoms with Gasteiger partial charge in [0.25, 0.3) is 5.91 Å². The van der Waals surface area contributed by atoms with Gasteiger partial charge in [-0.1, -0.05) is 6.07 Å². The van der Waals surface area contributed by atoms with E-state index in [0.29, 0.717) is 31.3 Å². The fraction of sp³-hybridized carbons (Fsp3) is 0.409. The van der Waals surface area contributed by atoms with Gasteiger partial charge in [0.2, 0.25) is 5.88 Å². The second-order valence-corrected chi connectivity index (χ2v) is 8.71. The molecule has 11 nitrogen and oxygen atoms in total. The molecule has 1 fully saturated rings. The lowest BCUT2D eigenvalue weighted by Gasteiger charge is -2.41. The van der Waals surface area contributed by atoms with E-state index in [-0.39, 0.29) is 23.5 Å². The molecule has 3 aromatic rings. The van der Waals surface area contributed by atoms with Crippen LogP contribution in [0.25, 0.3) is 0 Å². The molecule has 6 rings (SSSR count). The smallest absolute Gasteiger partial charge is 0.281 e. The Labute approximate surface area is 190 Å². The van der Waals surface area contributed by atoms with Crippen molar-refractivity contribution in [1.29, 1.82) is 0 Å². The van der Waals surface area contributed by atoms with Crippen LogP contribution in [0.3, 0.4) is 0 Å². The Balaban J connectivity index is 1.18. The first kappa shape index (κ1) is 19.9. The van der Waals surface area contributed by atoms with Crippen LogP contribution in [0.5, 0.6) is 5.88 Å². The van der Waals surface area contributed by atoms with E-state index < -0.39 is 5.60 Å². The van der Waals surface area contributed by atoms with E-state index in [1.807, 2.05) is 22.9 Å². The Kier molecular flexibility index (Phi) is 4.47. The first-order valence-corrected chi connectivity index (χ1v) is 11.2. The number of fused-ring (bicyclic) bond motifs is 2. The first-order chi connectivity index (χ1) is 16.1. The minimum atomic E-state index is -0.459. The third kappa shape index (κ3) is 3.10. The van der Waals surface area contributed by atoms with Crippen LogP contribution in [0, 0.1) is 0 Å². The molecule has 3 aliphatic rings. The van der Waals surface area contributed by atoms with Crippen LogP contribution >= 0.6 is 0 Å². The molecule has 1 saturated heterocycles. The van der Waals surface area contributed by atoms with Gasteiger partial charge >= 0.3 is 0 Å². The summed E-state index contributed by atoms with van der Waals surface area (Å²) in [6.07, 6.45) is 7.31. The molecule has 0 unspecified atom stereocenters. The summed E-state index contributed by atoms with van der Waals surface area (Å²) in [5.41, 5.74) is 13.4. The monoisotopic (exact) mass is 447 g/mol. The number of amides is 1. The van der Waals surface area contributed by atoms with Crippen molar-refractivity contribution in [3.8, 4) is 5.88 Å². The minimum Gasteiger partial charge on any atom is -0.469 e. The first-order valence-electron chi connectivity index (χ1n) is 11.2. The maximum absolute atomic E-state index is 13.1. The van der Waals surface area contributed by atoms with Gasteiger partial charge in [-0.25, -0.2) is 19.6 Å². The molecule has 4 N–H and O–H groups in total. The third-order valence-corrected chi connectivity index (χ3v) is 6.89. The van der Waals surface area contributed by atoms with Gasteiger partial charge in [-0.3, -0.25) is 9.69 Å². The lowest BCUT2D eigenvalue weighted by molar-refractivity contribution is 0.0397. The molecule has 1 atom stereocenters. The van der Waals surface area contributed by atoms with Crippen molar-refractivity contribution in [2.75, 3.05) is 35.2 Å². The predicted octanol–water partition coefficient (Wildman–Crippen LogP) is 1.13. The molecule has 0 radical (unpaired) electrons. The number of carbonyl (C=O) groups is 1. The van der Waals surface area contributed by atoms with Crippen LogP contribution in [0.15, 0.2) is 36.8 Å². The Morgan fingerprint density at radius 2 is 1.97 bits per heavy atom. The fourth-order valence-electron chi connectivity index (χ4n) is 5.06. The number of aryl methyl sites for hydroxylation is 1. The maximum atomic E-state index is 13.1. The van der Waals surface area contributed by atoms with Crippen LogP contribution in [-0.2, 0) is 6.54 Å². The maximum Gasteiger partial charge on any atom is 0.281 e. The van der Waals surface area contributed by atoms with Gasteiger partial charge in [-0.15, -0.1) is 0 Å². The lowest BCUT2D eigenvalue weighted by atomic mass is 9.83. The fourth-order valence-corrected chi connectivity index (χ4v) is 5.06. The minimum absolute atomic E-state index is 0.125. The van der Waals surface area contributed by atoms with Crippen LogP contribution < -0.4 is 26.0 Å². The van der Waals surface area contributed by atoms with Gasteiger partial charge in [-0.2, -0.15) is 5.10 Å². The molecule has 0 aliphatic carbocycles. The summed E-state index contributed by atoms with van der Waals surface area (Å²) in [6.45, 7) is 2.76. The number of nitrogen functional groups attached to an aromatic ring is 1. The molecule has 11 heteroatoms. The third-order valence-electron chi connectivity index (χ3n) is 6.89. The van der Waals surface area contributed by atoms with E-state index in [4.69, 9.17) is 16.2 Å². The SMILES string of the molecule is Nc1nc(N2CCC3(CC2)Oc2ncccc2[C@H]3N)cnc1C(=O)N1CCCn2nccc21. The van der Waals surface area contributed by atoms with Gasteiger partial charge in [0.15, 0.2) is 11.5 Å². The normalized spacial score (nSPS) is 20.9. The van der Waals surface area contributed by atoms with E-state index in [1.54, 1.807) is 23.5 Å². The highest BCUT2D eigenvalue weighted by Gasteiger charge is 2.49. The van der Waals surface area contributed by atoms with Crippen molar-refractivity contribution in [2.45, 2.75) is 37.5 Å². The van der Waals surface area contributed by atoms with E-state index in [2.05, 4.69) is 25.0 Å². The Morgan fingerprint density at radius 1 is 1.12 bits per heavy atom. The number of hydrogen-bond donors (Lipinski definition) is 2. The Bertz CT molecular complexity index is 1220. The molecule has 3 aromatic heterocycles. The van der Waals surface area contributed by atoms with Crippen LogP contribution in [0.1, 0.15) is 41.4 Å². The van der Waals surface area contributed by atoms with Gasteiger partial charge in [0.1, 0.15) is 17.2 Å². The molecule has 170 valence electrons. The van der Waals surface area contributed by atoms with E-state index in [9.17, 15) is 4.79 Å². The van der Waals surface area contributed by atoms with Gasteiger partial charge in [-0.05, 0) is 12.5 Å². The van der Waals surface area contributed by atoms with E-state index >= 15 is 0 Å². The number of nitrogens with zero attached hydrogens (tertiary/aromatic N) is 7. The molecule has 6 heterocycles.